The molecule has 1 heterocycles. The van der Waals surface area contributed by atoms with Gasteiger partial charge in [0.2, 0.25) is 5.92 Å². The fourth-order valence-corrected chi connectivity index (χ4v) is 2.42. The number of carbonyl (C=O) groups is 1. The quantitative estimate of drug-likeness (QED) is 0.824. The van der Waals surface area contributed by atoms with Gasteiger partial charge in [-0.15, -0.1) is 0 Å². The lowest BCUT2D eigenvalue weighted by atomic mass is 9.90. The van der Waals surface area contributed by atoms with Gasteiger partial charge in [0, 0.05) is 5.69 Å². The average Bonchev–Trinajstić information content (AvgIpc) is 2.66. The Kier molecular flexibility index (Phi) is 3.66. The second kappa shape index (κ2) is 4.92. The second-order valence-corrected chi connectivity index (χ2v) is 4.79. The van der Waals surface area contributed by atoms with E-state index in [4.69, 9.17) is 5.11 Å². The van der Waals surface area contributed by atoms with Crippen LogP contribution in [0.25, 0.3) is 0 Å². The Morgan fingerprint density at radius 3 is 2.29 bits per heavy atom. The third kappa shape index (κ3) is 2.98. The van der Waals surface area contributed by atoms with Gasteiger partial charge in [-0.3, -0.25) is 4.79 Å². The zero-order chi connectivity index (χ0) is 16.0. The number of fused-ring (bicyclic) bond motifs is 1. The summed E-state index contributed by atoms with van der Waals surface area (Å²) in [6, 6.07) is 0. The molecule has 0 bridgehead atoms. The fourth-order valence-electron chi connectivity index (χ4n) is 2.42. The summed E-state index contributed by atoms with van der Waals surface area (Å²) in [6.07, 6.45) is -10.5. The van der Waals surface area contributed by atoms with E-state index in [-0.39, 0.29) is 24.2 Å². The molecule has 0 aliphatic heterocycles. The molecule has 1 aromatic heterocycles. The zero-order valence-corrected chi connectivity index (χ0v) is 10.3. The molecule has 2 rings (SSSR count). The second-order valence-electron chi connectivity index (χ2n) is 4.79. The molecule has 0 saturated heterocycles. The van der Waals surface area contributed by atoms with Crippen molar-refractivity contribution in [3.63, 3.8) is 0 Å². The molecule has 1 aromatic rings. The van der Waals surface area contributed by atoms with E-state index in [0.717, 1.165) is 0 Å². The van der Waals surface area contributed by atoms with Gasteiger partial charge in [-0.2, -0.15) is 26.3 Å². The smallest absolute Gasteiger partial charge is 0.407 e. The first kappa shape index (κ1) is 15.6. The number of hydrogen-bond acceptors (Lipinski definition) is 2. The lowest BCUT2D eigenvalue weighted by molar-refractivity contribution is -0.255. The minimum Gasteiger partial charge on any atom is -0.481 e. The van der Waals surface area contributed by atoms with E-state index in [9.17, 15) is 31.1 Å². The Labute approximate surface area is 114 Å². The van der Waals surface area contributed by atoms with Gasteiger partial charge in [-0.25, -0.2) is 4.98 Å². The van der Waals surface area contributed by atoms with Crippen LogP contribution in [0, 0.1) is 0 Å². The molecule has 0 amide bonds. The Bertz CT molecular complexity index is 534. The van der Waals surface area contributed by atoms with Crippen LogP contribution in [0.2, 0.25) is 0 Å². The number of imidazole rings is 1. The van der Waals surface area contributed by atoms with Crippen LogP contribution in [0.5, 0.6) is 0 Å². The van der Waals surface area contributed by atoms with Crippen LogP contribution >= 0.6 is 0 Å². The summed E-state index contributed by atoms with van der Waals surface area (Å²) in [5, 5.41) is 8.95. The maximum atomic E-state index is 12.6. The molecule has 1 unspecified atom stereocenters. The SMILES string of the molecule is O=C(O)C1CCCc2[nH]c(C(C(F)(F)F)C(F)(F)F)nc21. The van der Waals surface area contributed by atoms with E-state index < -0.39 is 36.0 Å². The monoisotopic (exact) mass is 316 g/mol. The summed E-state index contributed by atoms with van der Waals surface area (Å²) in [7, 11) is 0. The number of halogens is 6. The van der Waals surface area contributed by atoms with Crippen molar-refractivity contribution in [1.29, 1.82) is 0 Å². The van der Waals surface area contributed by atoms with Crippen molar-refractivity contribution in [3.8, 4) is 0 Å². The van der Waals surface area contributed by atoms with Crippen molar-refractivity contribution < 1.29 is 36.2 Å². The number of aryl methyl sites for hydroxylation is 1. The molecule has 118 valence electrons. The molecule has 0 aromatic carbocycles. The van der Waals surface area contributed by atoms with Gasteiger partial charge in [0.15, 0.2) is 0 Å². The molecular weight excluding hydrogens is 306 g/mol. The van der Waals surface area contributed by atoms with E-state index >= 15 is 0 Å². The predicted octanol–water partition coefficient (Wildman–Crippen LogP) is 3.12. The van der Waals surface area contributed by atoms with Gasteiger partial charge in [-0.1, -0.05) is 0 Å². The predicted molar refractivity (Wildman–Crippen MR) is 56.8 cm³/mol. The maximum Gasteiger partial charge on any atom is 0.407 e. The van der Waals surface area contributed by atoms with Gasteiger partial charge in [0.1, 0.15) is 11.7 Å². The third-order valence-corrected chi connectivity index (χ3v) is 3.30. The summed E-state index contributed by atoms with van der Waals surface area (Å²) in [5.41, 5.74) is -0.204. The number of hydrogen-bond donors (Lipinski definition) is 2. The van der Waals surface area contributed by atoms with Crippen LogP contribution in [0.1, 0.15) is 41.9 Å². The highest BCUT2D eigenvalue weighted by atomic mass is 19.4. The van der Waals surface area contributed by atoms with Gasteiger partial charge in [0.05, 0.1) is 5.69 Å². The molecule has 10 heteroatoms. The zero-order valence-electron chi connectivity index (χ0n) is 10.3. The summed E-state index contributed by atoms with van der Waals surface area (Å²) >= 11 is 0. The summed E-state index contributed by atoms with van der Waals surface area (Å²) in [5.74, 6) is -7.54. The Morgan fingerprint density at radius 2 is 1.81 bits per heavy atom. The number of carboxylic acids is 1. The van der Waals surface area contributed by atoms with E-state index in [1.54, 1.807) is 0 Å². The van der Waals surface area contributed by atoms with Crippen molar-refractivity contribution in [2.24, 2.45) is 0 Å². The number of carboxylic acid groups (broad SMARTS) is 1. The van der Waals surface area contributed by atoms with Crippen LogP contribution in [-0.4, -0.2) is 33.4 Å². The number of rotatable bonds is 2. The third-order valence-electron chi connectivity index (χ3n) is 3.30. The first-order chi connectivity index (χ1) is 9.51. The van der Waals surface area contributed by atoms with Gasteiger partial charge >= 0.3 is 18.3 Å². The molecule has 0 spiro atoms. The Balaban J connectivity index is 2.48. The maximum absolute atomic E-state index is 12.6. The van der Waals surface area contributed by atoms with Gasteiger partial charge in [0.25, 0.3) is 0 Å². The Hall–Kier alpha value is -1.74. The largest absolute Gasteiger partial charge is 0.481 e. The summed E-state index contributed by atoms with van der Waals surface area (Å²) < 4.78 is 75.8. The van der Waals surface area contributed by atoms with Crippen LogP contribution in [0.15, 0.2) is 0 Å². The van der Waals surface area contributed by atoms with E-state index in [0.29, 0.717) is 6.42 Å². The number of alkyl halides is 6. The normalized spacial score (nSPS) is 19.7. The number of aromatic nitrogens is 2. The van der Waals surface area contributed by atoms with Crippen LogP contribution in [-0.2, 0) is 11.2 Å². The van der Waals surface area contributed by atoms with Crippen molar-refractivity contribution in [3.05, 3.63) is 17.2 Å². The molecule has 1 aliphatic rings. The molecule has 21 heavy (non-hydrogen) atoms. The molecule has 0 radical (unpaired) electrons. The van der Waals surface area contributed by atoms with E-state index in [2.05, 4.69) is 4.98 Å². The average molecular weight is 316 g/mol. The summed E-state index contributed by atoms with van der Waals surface area (Å²) in [4.78, 5) is 16.3. The standard InChI is InChI=1S/C11H10F6N2O2/c12-10(13,14)7(11(15,16)17)8-18-5-3-1-2-4(9(20)21)6(5)19-8/h4,7H,1-3H2,(H,18,19)(H,20,21). The highest BCUT2D eigenvalue weighted by Crippen LogP contribution is 2.46. The van der Waals surface area contributed by atoms with Crippen molar-refractivity contribution >= 4 is 5.97 Å². The molecule has 1 aliphatic carbocycles. The van der Waals surface area contributed by atoms with Crippen LogP contribution in [0.4, 0.5) is 26.3 Å². The first-order valence-electron chi connectivity index (χ1n) is 5.96. The highest BCUT2D eigenvalue weighted by molar-refractivity contribution is 5.76. The first-order valence-corrected chi connectivity index (χ1v) is 5.96. The highest BCUT2D eigenvalue weighted by Gasteiger charge is 2.59. The van der Waals surface area contributed by atoms with Gasteiger partial charge in [-0.05, 0) is 19.3 Å². The summed E-state index contributed by atoms with van der Waals surface area (Å²) in [6.45, 7) is 0. The van der Waals surface area contributed by atoms with Crippen LogP contribution in [0.3, 0.4) is 0 Å². The van der Waals surface area contributed by atoms with Crippen molar-refractivity contribution in [2.45, 2.75) is 43.5 Å². The number of aliphatic carboxylic acids is 1. The minimum absolute atomic E-state index is 0.0298. The lowest BCUT2D eigenvalue weighted by Gasteiger charge is -2.20. The number of nitrogens with one attached hydrogen (secondary N) is 1. The number of nitrogens with zero attached hydrogens (tertiary/aromatic N) is 1. The number of H-pyrrole nitrogens is 1. The molecule has 2 N–H and O–H groups in total. The lowest BCUT2D eigenvalue weighted by Crippen LogP contribution is -2.35. The molecular formula is C11H10F6N2O2. The van der Waals surface area contributed by atoms with Crippen LogP contribution < -0.4 is 0 Å². The molecule has 0 fully saturated rings. The fraction of sp³-hybridized carbons (Fsp3) is 0.636. The van der Waals surface area contributed by atoms with Gasteiger partial charge < -0.3 is 10.1 Å². The minimum atomic E-state index is -5.56. The van der Waals surface area contributed by atoms with E-state index in [1.165, 1.54) is 0 Å². The molecule has 0 saturated carbocycles. The Morgan fingerprint density at radius 1 is 1.24 bits per heavy atom. The number of aromatic amines is 1. The van der Waals surface area contributed by atoms with Crippen molar-refractivity contribution in [1.82, 2.24) is 9.97 Å². The molecule has 4 nitrogen and oxygen atoms in total. The molecule has 1 atom stereocenters. The van der Waals surface area contributed by atoms with Crippen molar-refractivity contribution in [2.75, 3.05) is 0 Å². The van der Waals surface area contributed by atoms with E-state index in [1.807, 2.05) is 4.98 Å². The topological polar surface area (TPSA) is 66.0 Å².